The maximum absolute atomic E-state index is 7.07. The van der Waals surface area contributed by atoms with Crippen molar-refractivity contribution in [2.75, 3.05) is 26.9 Å². The van der Waals surface area contributed by atoms with Gasteiger partial charge in [-0.25, -0.2) is 10.0 Å². The Bertz CT molecular complexity index is 806. The highest BCUT2D eigenvalue weighted by Gasteiger charge is 2.46. The Morgan fingerprint density at radius 3 is 1.88 bits per heavy atom. The smallest absolute Gasteiger partial charge is 0.200 e. The molecule has 1 saturated heterocycles. The zero-order valence-corrected chi connectivity index (χ0v) is 22.9. The Kier molecular flexibility index (Phi) is 9.31. The molecule has 0 amide bonds. The molecule has 0 bridgehead atoms. The van der Waals surface area contributed by atoms with Gasteiger partial charge in [0.2, 0.25) is 0 Å². The summed E-state index contributed by atoms with van der Waals surface area (Å²) in [5.74, 6) is 0. The van der Waals surface area contributed by atoms with E-state index in [1.165, 1.54) is 11.1 Å². The fourth-order valence-electron chi connectivity index (χ4n) is 5.93. The second-order valence-corrected chi connectivity index (χ2v) is 16.1. The molecule has 4 nitrogen and oxygen atoms in total. The molecule has 1 atom stereocenters. The van der Waals surface area contributed by atoms with Crippen LogP contribution >= 0.6 is 0 Å². The van der Waals surface area contributed by atoms with Crippen LogP contribution in [0.2, 0.25) is 16.6 Å². The van der Waals surface area contributed by atoms with E-state index in [1.807, 2.05) is 0 Å². The van der Waals surface area contributed by atoms with Crippen molar-refractivity contribution in [1.82, 2.24) is 14.9 Å². The van der Waals surface area contributed by atoms with Gasteiger partial charge in [-0.15, -0.1) is 0 Å². The molecule has 0 N–H and O–H groups in total. The van der Waals surface area contributed by atoms with E-state index in [4.69, 9.17) is 4.43 Å². The van der Waals surface area contributed by atoms with Crippen molar-refractivity contribution < 1.29 is 4.43 Å². The van der Waals surface area contributed by atoms with Gasteiger partial charge in [0, 0.05) is 26.7 Å². The predicted octanol–water partition coefficient (Wildman–Crippen LogP) is 6.37. The van der Waals surface area contributed by atoms with Crippen molar-refractivity contribution in [1.29, 1.82) is 0 Å². The summed E-state index contributed by atoms with van der Waals surface area (Å²) in [7, 11) is 0.333. The van der Waals surface area contributed by atoms with E-state index in [-0.39, 0.29) is 0 Å². The van der Waals surface area contributed by atoms with Gasteiger partial charge in [-0.2, -0.15) is 0 Å². The minimum absolute atomic E-state index is 0.366. The van der Waals surface area contributed by atoms with Crippen molar-refractivity contribution in [3.8, 4) is 0 Å². The first-order valence-electron chi connectivity index (χ1n) is 12.7. The summed E-state index contributed by atoms with van der Waals surface area (Å²) in [5.41, 5.74) is 4.54. The maximum Gasteiger partial charge on any atom is 0.200 e. The Morgan fingerprint density at radius 1 is 0.848 bits per heavy atom. The third-order valence-electron chi connectivity index (χ3n) is 7.41. The molecule has 0 aromatic heterocycles. The molecule has 5 heteroatoms. The molecule has 3 rings (SSSR count). The van der Waals surface area contributed by atoms with Gasteiger partial charge in [-0.05, 0) is 27.8 Å². The average Bonchev–Trinajstić information content (AvgIpc) is 3.17. The molecule has 0 unspecified atom stereocenters. The van der Waals surface area contributed by atoms with Crippen LogP contribution in [0.4, 0.5) is 0 Å². The molecule has 2 aromatic carbocycles. The van der Waals surface area contributed by atoms with Crippen LogP contribution in [0.15, 0.2) is 60.7 Å². The van der Waals surface area contributed by atoms with Crippen LogP contribution in [0.1, 0.15) is 52.7 Å². The van der Waals surface area contributed by atoms with Gasteiger partial charge >= 0.3 is 0 Å². The van der Waals surface area contributed by atoms with Gasteiger partial charge in [0.25, 0.3) is 0 Å². The quantitative estimate of drug-likeness (QED) is 0.357. The lowest BCUT2D eigenvalue weighted by Crippen LogP contribution is -2.52. The van der Waals surface area contributed by atoms with Crippen LogP contribution in [0.25, 0.3) is 0 Å². The van der Waals surface area contributed by atoms with E-state index >= 15 is 0 Å². The molecule has 0 spiro atoms. The van der Waals surface area contributed by atoms with Gasteiger partial charge in [-0.3, -0.25) is 4.90 Å². The van der Waals surface area contributed by atoms with Crippen LogP contribution in [0.3, 0.4) is 0 Å². The zero-order valence-electron chi connectivity index (χ0n) is 21.9. The first kappa shape index (κ1) is 26.1. The lowest BCUT2D eigenvalue weighted by Gasteiger charge is -2.43. The molecule has 0 radical (unpaired) electrons. The number of nitrogens with zero attached hydrogens (tertiary/aromatic N) is 3. The summed E-state index contributed by atoms with van der Waals surface area (Å²) in [5, 5.41) is 4.94. The number of rotatable bonds is 11. The molecular formula is C28H45N3OSi. The van der Waals surface area contributed by atoms with Crippen molar-refractivity contribution in [2.45, 2.75) is 77.3 Å². The molecule has 1 heterocycles. The lowest BCUT2D eigenvalue weighted by atomic mass is 10.2. The number of benzene rings is 2. The van der Waals surface area contributed by atoms with Gasteiger partial charge in [0.1, 0.15) is 0 Å². The number of hydrazine groups is 1. The SMILES string of the molecule is CC(C)[Si](OC[C@@H]1CN(Cc2ccccc2)CN1N(C)Cc1ccccc1)(C(C)C)C(C)C. The second-order valence-electron chi connectivity index (χ2n) is 10.7. The van der Waals surface area contributed by atoms with Crippen molar-refractivity contribution >= 4 is 8.32 Å². The van der Waals surface area contributed by atoms with E-state index < -0.39 is 8.32 Å². The highest BCUT2D eigenvalue weighted by atomic mass is 28.4. The molecule has 0 saturated carbocycles. The summed E-state index contributed by atoms with van der Waals surface area (Å²) in [4.78, 5) is 2.56. The molecule has 0 aliphatic carbocycles. The molecule has 1 fully saturated rings. The highest BCUT2D eigenvalue weighted by Crippen LogP contribution is 2.42. The minimum Gasteiger partial charge on any atom is -0.414 e. The molecule has 33 heavy (non-hydrogen) atoms. The average molecular weight is 468 g/mol. The Balaban J connectivity index is 1.77. The van der Waals surface area contributed by atoms with Crippen molar-refractivity contribution in [3.05, 3.63) is 71.8 Å². The summed E-state index contributed by atoms with van der Waals surface area (Å²) in [6.07, 6.45) is 0. The van der Waals surface area contributed by atoms with Crippen LogP contribution < -0.4 is 0 Å². The van der Waals surface area contributed by atoms with E-state index in [0.29, 0.717) is 22.7 Å². The predicted molar refractivity (Wildman–Crippen MR) is 142 cm³/mol. The molecule has 1 aliphatic rings. The fraction of sp³-hybridized carbons (Fsp3) is 0.571. The Labute approximate surface area is 203 Å². The van der Waals surface area contributed by atoms with Crippen LogP contribution in [0, 0.1) is 0 Å². The fourth-order valence-corrected chi connectivity index (χ4v) is 11.4. The maximum atomic E-state index is 7.07. The lowest BCUT2D eigenvalue weighted by molar-refractivity contribution is -0.0412. The monoisotopic (exact) mass is 467 g/mol. The first-order valence-corrected chi connectivity index (χ1v) is 14.8. The molecule has 2 aromatic rings. The van der Waals surface area contributed by atoms with E-state index in [0.717, 1.165) is 32.9 Å². The number of hydrogen-bond acceptors (Lipinski definition) is 4. The van der Waals surface area contributed by atoms with Crippen LogP contribution in [-0.4, -0.2) is 56.1 Å². The van der Waals surface area contributed by atoms with E-state index in [1.54, 1.807) is 0 Å². The minimum atomic E-state index is -1.89. The standard InChI is InChI=1S/C28H45N3OSi/c1-23(2)33(24(3)4,25(5)6)32-21-28-20-30(19-27-16-12-9-13-17-27)22-31(28)29(7)18-26-14-10-8-11-15-26/h8-17,23-25,28H,18-22H2,1-7H3/t28-/m0/s1. The van der Waals surface area contributed by atoms with Crippen molar-refractivity contribution in [2.24, 2.45) is 0 Å². The van der Waals surface area contributed by atoms with Crippen LogP contribution in [0.5, 0.6) is 0 Å². The third-order valence-corrected chi connectivity index (χ3v) is 13.5. The topological polar surface area (TPSA) is 19.0 Å². The molecule has 182 valence electrons. The van der Waals surface area contributed by atoms with Crippen LogP contribution in [-0.2, 0) is 17.5 Å². The van der Waals surface area contributed by atoms with E-state index in [2.05, 4.69) is 124 Å². The summed E-state index contributed by atoms with van der Waals surface area (Å²) in [6, 6.07) is 22.0. The second kappa shape index (κ2) is 11.8. The van der Waals surface area contributed by atoms with Gasteiger partial charge in [0.15, 0.2) is 8.32 Å². The Hall–Kier alpha value is -1.50. The third kappa shape index (κ3) is 6.34. The summed E-state index contributed by atoms with van der Waals surface area (Å²) in [6.45, 7) is 18.9. The largest absolute Gasteiger partial charge is 0.414 e. The van der Waals surface area contributed by atoms with Gasteiger partial charge in [-0.1, -0.05) is 102 Å². The normalized spacial score (nSPS) is 18.3. The Morgan fingerprint density at radius 2 is 1.36 bits per heavy atom. The van der Waals surface area contributed by atoms with Gasteiger partial charge < -0.3 is 4.43 Å². The first-order chi connectivity index (χ1) is 15.7. The molecular weight excluding hydrogens is 422 g/mol. The molecule has 1 aliphatic heterocycles. The van der Waals surface area contributed by atoms with Gasteiger partial charge in [0.05, 0.1) is 19.3 Å². The number of hydrogen-bond donors (Lipinski definition) is 0. The van der Waals surface area contributed by atoms with Crippen molar-refractivity contribution in [3.63, 3.8) is 0 Å². The summed E-state index contributed by atoms with van der Waals surface area (Å²) < 4.78 is 7.07. The zero-order chi connectivity index (χ0) is 24.0. The highest BCUT2D eigenvalue weighted by molar-refractivity contribution is 6.77. The summed E-state index contributed by atoms with van der Waals surface area (Å²) >= 11 is 0. The van der Waals surface area contributed by atoms with E-state index in [9.17, 15) is 0 Å².